The van der Waals surface area contributed by atoms with E-state index in [0.717, 1.165) is 4.90 Å². The molecule has 0 radical (unpaired) electrons. The number of likely N-dealkylation sites (N-methyl/N-ethyl adjacent to an activating group) is 1. The molecule has 17 nitrogen and oxygen atoms in total. The zero-order valence-corrected chi connectivity index (χ0v) is 31.7. The first kappa shape index (κ1) is 38.7. The number of pyridine rings is 1. The molecule has 2 aromatic heterocycles. The maximum absolute atomic E-state index is 13.6. The van der Waals surface area contributed by atoms with Gasteiger partial charge in [-0.3, -0.25) is 54.1 Å². The van der Waals surface area contributed by atoms with Gasteiger partial charge >= 0.3 is 0 Å². The van der Waals surface area contributed by atoms with Crippen LogP contribution < -0.4 is 26.0 Å². The summed E-state index contributed by atoms with van der Waals surface area (Å²) in [6.45, 7) is 2.65. The molecule has 1 unspecified atom stereocenters. The predicted octanol–water partition coefficient (Wildman–Crippen LogP) is 2.24. The van der Waals surface area contributed by atoms with E-state index < -0.39 is 41.5 Å². The van der Waals surface area contributed by atoms with Crippen LogP contribution in [0.5, 0.6) is 5.75 Å². The smallest absolute Gasteiger partial charge is 0.264 e. The van der Waals surface area contributed by atoms with Crippen molar-refractivity contribution in [1.82, 2.24) is 35.3 Å². The summed E-state index contributed by atoms with van der Waals surface area (Å²) in [4.78, 5) is 104. The van der Waals surface area contributed by atoms with Crippen LogP contribution in [0.15, 0.2) is 66.2 Å². The highest BCUT2D eigenvalue weighted by Gasteiger charge is 2.45. The lowest BCUT2D eigenvalue weighted by Crippen LogP contribution is -2.54. The molecule has 2 aromatic carbocycles. The van der Waals surface area contributed by atoms with Crippen LogP contribution in [0.4, 0.5) is 10.8 Å². The normalized spacial score (nSPS) is 16.9. The largest absolute Gasteiger partial charge is 0.484 e. The highest BCUT2D eigenvalue weighted by molar-refractivity contribution is 7.14. The summed E-state index contributed by atoms with van der Waals surface area (Å²) in [6.07, 6.45) is 2.17. The molecule has 0 spiro atoms. The fourth-order valence-electron chi connectivity index (χ4n) is 6.66. The molecule has 0 bridgehead atoms. The van der Waals surface area contributed by atoms with Gasteiger partial charge in [0.2, 0.25) is 11.8 Å². The van der Waals surface area contributed by atoms with E-state index in [1.807, 2.05) is 19.2 Å². The average molecular weight is 794 g/mol. The Kier molecular flexibility index (Phi) is 11.6. The zero-order chi connectivity index (χ0) is 40.1. The number of carbonyl (C=O) groups excluding carboxylic acids is 7. The summed E-state index contributed by atoms with van der Waals surface area (Å²) in [6, 6.07) is 13.7. The Morgan fingerprint density at radius 3 is 2.51 bits per heavy atom. The van der Waals surface area contributed by atoms with Crippen molar-refractivity contribution in [2.24, 2.45) is 0 Å². The van der Waals surface area contributed by atoms with Crippen LogP contribution in [-0.4, -0.2) is 125 Å². The van der Waals surface area contributed by atoms with Crippen molar-refractivity contribution < 1.29 is 38.3 Å². The number of carbonyl (C=O) groups is 7. The van der Waals surface area contributed by atoms with E-state index in [1.54, 1.807) is 34.7 Å². The van der Waals surface area contributed by atoms with Crippen molar-refractivity contribution >= 4 is 63.5 Å². The molecular formula is C39H39N9O8S. The number of amides is 7. The molecule has 5 heterocycles. The Labute approximate surface area is 330 Å². The lowest BCUT2D eigenvalue weighted by atomic mass is 10.0. The van der Waals surface area contributed by atoms with Gasteiger partial charge in [-0.05, 0) is 62.4 Å². The summed E-state index contributed by atoms with van der Waals surface area (Å²) in [5.41, 5.74) is 2.38. The van der Waals surface area contributed by atoms with Crippen molar-refractivity contribution in [3.63, 3.8) is 0 Å². The second-order valence-electron chi connectivity index (χ2n) is 13.6. The Bertz CT molecular complexity index is 2240. The van der Waals surface area contributed by atoms with E-state index in [1.165, 1.54) is 35.6 Å². The van der Waals surface area contributed by atoms with Crippen LogP contribution in [0, 0.1) is 0 Å². The molecular weight excluding hydrogens is 755 g/mol. The lowest BCUT2D eigenvalue weighted by molar-refractivity contribution is -0.136. The number of imide groups is 2. The monoisotopic (exact) mass is 793 g/mol. The van der Waals surface area contributed by atoms with Gasteiger partial charge in [-0.25, -0.2) is 4.98 Å². The van der Waals surface area contributed by atoms with Crippen LogP contribution in [0.3, 0.4) is 0 Å². The van der Waals surface area contributed by atoms with Gasteiger partial charge in [0.05, 0.1) is 16.8 Å². The van der Waals surface area contributed by atoms with Crippen LogP contribution in [0.1, 0.15) is 60.7 Å². The standard InChI is InChI=1S/C39H39N9O8S/c1-46-14-16-47(17-15-46)36(53)24-18-23(34(51)45-39-43-29(22-57-39)27-7-2-3-11-40-27)19-25(20-24)56-21-32(50)42-13-5-12-41-28-8-4-6-26-33(28)38(55)48(37(26)54)30-9-10-31(49)44-35(30)52/h2-4,6-8,11,18-20,22,30,41H,5,9-10,12-17,21H2,1H3,(H,42,50)(H,43,45,51)(H,44,49,52). The first-order valence-electron chi connectivity index (χ1n) is 18.3. The number of hydrogen-bond acceptors (Lipinski definition) is 13. The topological polar surface area (TPSA) is 212 Å². The maximum atomic E-state index is 13.6. The Balaban J connectivity index is 0.944. The number of piperazine rings is 1. The molecule has 3 aliphatic rings. The molecule has 57 heavy (non-hydrogen) atoms. The van der Waals surface area contributed by atoms with Gasteiger partial charge in [-0.2, -0.15) is 0 Å². The minimum absolute atomic E-state index is 0.0235. The zero-order valence-electron chi connectivity index (χ0n) is 30.9. The van der Waals surface area contributed by atoms with Crippen molar-refractivity contribution in [2.45, 2.75) is 25.3 Å². The van der Waals surface area contributed by atoms with Gasteiger partial charge in [0, 0.05) is 74.1 Å². The number of ether oxygens (including phenoxy) is 1. The third-order valence-corrected chi connectivity index (χ3v) is 10.4. The van der Waals surface area contributed by atoms with Gasteiger partial charge in [0.1, 0.15) is 17.5 Å². The van der Waals surface area contributed by atoms with Crippen molar-refractivity contribution in [3.8, 4) is 17.1 Å². The molecule has 0 aliphatic carbocycles. The molecule has 0 saturated carbocycles. The molecule has 4 aromatic rings. The summed E-state index contributed by atoms with van der Waals surface area (Å²) in [5.74, 6) is -3.40. The third kappa shape index (κ3) is 8.81. The third-order valence-electron chi connectivity index (χ3n) is 9.69. The van der Waals surface area contributed by atoms with Gasteiger partial charge in [-0.1, -0.05) is 12.1 Å². The number of thiazole rings is 1. The quantitative estimate of drug-likeness (QED) is 0.113. The lowest BCUT2D eigenvalue weighted by Gasteiger charge is -2.32. The number of rotatable bonds is 13. The number of anilines is 2. The number of hydrogen-bond donors (Lipinski definition) is 4. The maximum Gasteiger partial charge on any atom is 0.264 e. The van der Waals surface area contributed by atoms with Crippen molar-refractivity contribution in [2.75, 3.05) is 63.6 Å². The Hall–Kier alpha value is -6.53. The van der Waals surface area contributed by atoms with E-state index in [4.69, 9.17) is 4.74 Å². The fraction of sp³-hybridized carbons (Fsp3) is 0.308. The van der Waals surface area contributed by atoms with Crippen LogP contribution in [0.2, 0.25) is 0 Å². The van der Waals surface area contributed by atoms with E-state index in [-0.39, 0.29) is 59.9 Å². The summed E-state index contributed by atoms with van der Waals surface area (Å²) < 4.78 is 5.81. The molecule has 2 saturated heterocycles. The van der Waals surface area contributed by atoms with Gasteiger partial charge < -0.3 is 25.2 Å². The average Bonchev–Trinajstić information content (AvgIpc) is 3.78. The van der Waals surface area contributed by atoms with Crippen LogP contribution in [-0.2, 0) is 14.4 Å². The SMILES string of the molecule is CN1CCN(C(=O)c2cc(OCC(=O)NCCCNc3cccc4c3C(=O)N(C3CCC(=O)NC3=O)C4=O)cc(C(=O)Nc3nc(-c4ccccn4)cs3)c2)CC1. The number of aromatic nitrogens is 2. The van der Waals surface area contributed by atoms with E-state index >= 15 is 0 Å². The summed E-state index contributed by atoms with van der Waals surface area (Å²) in [7, 11) is 1.98. The minimum atomic E-state index is -1.07. The van der Waals surface area contributed by atoms with Crippen molar-refractivity contribution in [1.29, 1.82) is 0 Å². The summed E-state index contributed by atoms with van der Waals surface area (Å²) in [5, 5.41) is 13.0. The molecule has 7 rings (SSSR count). The molecule has 294 valence electrons. The molecule has 18 heteroatoms. The van der Waals surface area contributed by atoms with Crippen molar-refractivity contribution in [3.05, 3.63) is 88.4 Å². The second kappa shape index (κ2) is 17.1. The summed E-state index contributed by atoms with van der Waals surface area (Å²) >= 11 is 1.24. The van der Waals surface area contributed by atoms with Gasteiger partial charge in [-0.15, -0.1) is 11.3 Å². The molecule has 3 aliphatic heterocycles. The Morgan fingerprint density at radius 2 is 1.74 bits per heavy atom. The van der Waals surface area contributed by atoms with E-state index in [0.29, 0.717) is 61.4 Å². The molecule has 1 atom stereocenters. The first-order chi connectivity index (χ1) is 27.5. The molecule has 2 fully saturated rings. The minimum Gasteiger partial charge on any atom is -0.484 e. The number of nitrogens with zero attached hydrogens (tertiary/aromatic N) is 5. The van der Waals surface area contributed by atoms with Gasteiger partial charge in [0.25, 0.3) is 29.5 Å². The fourth-order valence-corrected chi connectivity index (χ4v) is 7.36. The number of nitrogens with one attached hydrogen (secondary N) is 4. The number of piperidine rings is 1. The first-order valence-corrected chi connectivity index (χ1v) is 19.2. The van der Waals surface area contributed by atoms with Crippen LogP contribution >= 0.6 is 11.3 Å². The molecule has 7 amide bonds. The van der Waals surface area contributed by atoms with E-state index in [9.17, 15) is 33.6 Å². The Morgan fingerprint density at radius 1 is 0.930 bits per heavy atom. The number of benzene rings is 2. The van der Waals surface area contributed by atoms with Gasteiger partial charge in [0.15, 0.2) is 11.7 Å². The molecule has 4 N–H and O–H groups in total. The van der Waals surface area contributed by atoms with E-state index in [2.05, 4.69) is 36.1 Å². The number of fused-ring (bicyclic) bond motifs is 1. The second-order valence-corrected chi connectivity index (χ2v) is 14.5. The highest BCUT2D eigenvalue weighted by atomic mass is 32.1. The highest BCUT2D eigenvalue weighted by Crippen LogP contribution is 2.32. The van der Waals surface area contributed by atoms with Crippen LogP contribution in [0.25, 0.3) is 11.4 Å². The predicted molar refractivity (Wildman–Crippen MR) is 208 cm³/mol.